The first-order chi connectivity index (χ1) is 11.0. The van der Waals surface area contributed by atoms with Crippen LogP contribution < -0.4 is 4.72 Å². The van der Waals surface area contributed by atoms with Crippen LogP contribution in [0.5, 0.6) is 0 Å². The summed E-state index contributed by atoms with van der Waals surface area (Å²) in [5.74, 6) is -0.560. The Balaban J connectivity index is 1.77. The Bertz CT molecular complexity index is 957. The molecule has 0 saturated heterocycles. The molecule has 0 unspecified atom stereocenters. The van der Waals surface area contributed by atoms with Crippen molar-refractivity contribution in [2.75, 3.05) is 0 Å². The number of fused-ring (bicyclic) bond motifs is 1. The number of carbonyl (C=O) groups is 1. The number of H-pyrrole nitrogens is 1. The summed E-state index contributed by atoms with van der Waals surface area (Å²) >= 11 is 0. The van der Waals surface area contributed by atoms with Crippen molar-refractivity contribution in [1.82, 2.24) is 9.71 Å². The number of para-hydroxylation sites is 1. The molecule has 118 valence electrons. The molecule has 0 radical (unpaired) electrons. The van der Waals surface area contributed by atoms with Crippen molar-refractivity contribution in [3.8, 4) is 0 Å². The molecule has 5 nitrogen and oxygen atoms in total. The topological polar surface area (TPSA) is 79.0 Å². The van der Waals surface area contributed by atoms with Crippen molar-refractivity contribution in [2.45, 2.75) is 18.2 Å². The lowest BCUT2D eigenvalue weighted by Crippen LogP contribution is -2.31. The zero-order valence-corrected chi connectivity index (χ0v) is 13.4. The van der Waals surface area contributed by atoms with Crippen molar-refractivity contribution >= 4 is 26.8 Å². The first kappa shape index (κ1) is 15.3. The Morgan fingerprint density at radius 3 is 2.52 bits per heavy atom. The van der Waals surface area contributed by atoms with Gasteiger partial charge in [0, 0.05) is 17.1 Å². The van der Waals surface area contributed by atoms with Gasteiger partial charge in [-0.2, -0.15) is 0 Å². The van der Waals surface area contributed by atoms with Crippen LogP contribution in [0.15, 0.2) is 59.6 Å². The molecule has 1 aromatic heterocycles. The molecule has 0 aliphatic carbocycles. The summed E-state index contributed by atoms with van der Waals surface area (Å²) in [6, 6.07) is 13.9. The van der Waals surface area contributed by atoms with Gasteiger partial charge in [-0.3, -0.25) is 4.79 Å². The fourth-order valence-electron chi connectivity index (χ4n) is 2.41. The van der Waals surface area contributed by atoms with Gasteiger partial charge in [-0.15, -0.1) is 0 Å². The second kappa shape index (κ2) is 5.89. The largest absolute Gasteiger partial charge is 0.361 e. The van der Waals surface area contributed by atoms with E-state index >= 15 is 0 Å². The lowest BCUT2D eigenvalue weighted by molar-refractivity contribution is -0.118. The number of nitrogens with one attached hydrogen (secondary N) is 2. The van der Waals surface area contributed by atoms with E-state index in [0.29, 0.717) is 0 Å². The number of sulfonamides is 1. The van der Waals surface area contributed by atoms with Crippen LogP contribution in [0.3, 0.4) is 0 Å². The van der Waals surface area contributed by atoms with E-state index < -0.39 is 15.9 Å². The number of aromatic amines is 1. The van der Waals surface area contributed by atoms with Crippen LogP contribution in [0.25, 0.3) is 10.9 Å². The highest BCUT2D eigenvalue weighted by atomic mass is 32.2. The molecule has 1 amide bonds. The zero-order valence-electron chi connectivity index (χ0n) is 12.5. The Hall–Kier alpha value is -2.60. The summed E-state index contributed by atoms with van der Waals surface area (Å²) in [4.78, 5) is 15.2. The Labute approximate surface area is 134 Å². The quantitative estimate of drug-likeness (QED) is 0.772. The van der Waals surface area contributed by atoms with Crippen LogP contribution in [0.2, 0.25) is 0 Å². The maximum atomic E-state index is 12.2. The van der Waals surface area contributed by atoms with Gasteiger partial charge in [0.1, 0.15) is 0 Å². The van der Waals surface area contributed by atoms with E-state index in [9.17, 15) is 13.2 Å². The van der Waals surface area contributed by atoms with E-state index in [1.54, 1.807) is 18.3 Å². The molecular weight excluding hydrogens is 312 g/mol. The summed E-state index contributed by atoms with van der Waals surface area (Å²) in [7, 11) is -3.84. The molecule has 0 spiro atoms. The summed E-state index contributed by atoms with van der Waals surface area (Å²) in [6.45, 7) is 1.87. The predicted octanol–water partition coefficient (Wildman–Crippen LogP) is 2.52. The minimum atomic E-state index is -3.84. The molecule has 3 aromatic rings. The van der Waals surface area contributed by atoms with Crippen LogP contribution in [-0.4, -0.2) is 19.3 Å². The third-order valence-corrected chi connectivity index (χ3v) is 4.99. The van der Waals surface area contributed by atoms with E-state index in [1.807, 2.05) is 31.2 Å². The number of benzene rings is 2. The molecule has 0 aliphatic rings. The van der Waals surface area contributed by atoms with Gasteiger partial charge in [0.15, 0.2) is 0 Å². The van der Waals surface area contributed by atoms with Crippen LogP contribution >= 0.6 is 0 Å². The molecule has 2 N–H and O–H groups in total. The predicted molar refractivity (Wildman–Crippen MR) is 88.5 cm³/mol. The lowest BCUT2D eigenvalue weighted by Gasteiger charge is -2.07. The highest BCUT2D eigenvalue weighted by Gasteiger charge is 2.18. The average molecular weight is 328 g/mol. The molecule has 6 heteroatoms. The Morgan fingerprint density at radius 2 is 1.78 bits per heavy atom. The van der Waals surface area contributed by atoms with E-state index in [4.69, 9.17) is 0 Å². The fourth-order valence-corrected chi connectivity index (χ4v) is 3.40. The number of amides is 1. The van der Waals surface area contributed by atoms with Gasteiger partial charge in [0.2, 0.25) is 5.91 Å². The number of hydrogen-bond donors (Lipinski definition) is 2. The Morgan fingerprint density at radius 1 is 1.09 bits per heavy atom. The summed E-state index contributed by atoms with van der Waals surface area (Å²) in [5, 5.41) is 0.912. The summed E-state index contributed by atoms with van der Waals surface area (Å²) in [6.07, 6.45) is 1.72. The maximum absolute atomic E-state index is 12.2. The molecule has 0 saturated carbocycles. The molecule has 1 heterocycles. The van der Waals surface area contributed by atoms with Gasteiger partial charge in [0.25, 0.3) is 10.0 Å². The molecule has 2 aromatic carbocycles. The van der Waals surface area contributed by atoms with Gasteiger partial charge in [-0.25, -0.2) is 13.1 Å². The van der Waals surface area contributed by atoms with Crippen LogP contribution in [0, 0.1) is 6.92 Å². The molecule has 0 bridgehead atoms. The maximum Gasteiger partial charge on any atom is 0.264 e. The highest BCUT2D eigenvalue weighted by molar-refractivity contribution is 7.90. The minimum absolute atomic E-state index is 0.00486. The van der Waals surface area contributed by atoms with E-state index in [1.165, 1.54) is 12.1 Å². The number of aromatic nitrogens is 1. The third kappa shape index (κ3) is 3.27. The van der Waals surface area contributed by atoms with Crippen molar-refractivity contribution in [3.05, 3.63) is 65.9 Å². The molecular formula is C17H16N2O3S. The number of rotatable bonds is 4. The standard InChI is InChI=1S/C17H16N2O3S/c1-12-6-8-14(9-7-12)23(21,22)19-17(20)10-13-11-18-16-5-3-2-4-15(13)16/h2-9,11,18H,10H2,1H3,(H,19,20). The first-order valence-electron chi connectivity index (χ1n) is 7.13. The third-order valence-electron chi connectivity index (χ3n) is 3.61. The number of hydrogen-bond acceptors (Lipinski definition) is 3. The van der Waals surface area contributed by atoms with Gasteiger partial charge in [-0.05, 0) is 30.7 Å². The first-order valence-corrected chi connectivity index (χ1v) is 8.61. The molecule has 3 rings (SSSR count). The second-order valence-electron chi connectivity index (χ2n) is 5.38. The lowest BCUT2D eigenvalue weighted by atomic mass is 10.1. The van der Waals surface area contributed by atoms with Crippen LogP contribution in [0.4, 0.5) is 0 Å². The number of aryl methyl sites for hydroxylation is 1. The average Bonchev–Trinajstić information content (AvgIpc) is 2.90. The zero-order chi connectivity index (χ0) is 16.4. The van der Waals surface area contributed by atoms with Crippen molar-refractivity contribution in [2.24, 2.45) is 0 Å². The number of carbonyl (C=O) groups excluding carboxylic acids is 1. The van der Waals surface area contributed by atoms with Crippen molar-refractivity contribution < 1.29 is 13.2 Å². The van der Waals surface area contributed by atoms with Crippen molar-refractivity contribution in [3.63, 3.8) is 0 Å². The SMILES string of the molecule is Cc1ccc(S(=O)(=O)NC(=O)Cc2c[nH]c3ccccc23)cc1. The van der Waals surface area contributed by atoms with E-state index in [2.05, 4.69) is 9.71 Å². The Kier molecular flexibility index (Phi) is 3.92. The van der Waals surface area contributed by atoms with Gasteiger partial charge >= 0.3 is 0 Å². The summed E-state index contributed by atoms with van der Waals surface area (Å²) < 4.78 is 26.5. The molecule has 0 aliphatic heterocycles. The van der Waals surface area contributed by atoms with Crippen LogP contribution in [0.1, 0.15) is 11.1 Å². The normalized spacial score (nSPS) is 11.5. The molecule has 0 atom stereocenters. The fraction of sp³-hybridized carbons (Fsp3) is 0.118. The molecule has 0 fully saturated rings. The van der Waals surface area contributed by atoms with Gasteiger partial charge in [-0.1, -0.05) is 35.9 Å². The van der Waals surface area contributed by atoms with E-state index in [-0.39, 0.29) is 11.3 Å². The van der Waals surface area contributed by atoms with E-state index in [0.717, 1.165) is 22.0 Å². The van der Waals surface area contributed by atoms with Crippen LogP contribution in [-0.2, 0) is 21.2 Å². The monoisotopic (exact) mass is 328 g/mol. The summed E-state index contributed by atoms with van der Waals surface area (Å²) in [5.41, 5.74) is 2.63. The second-order valence-corrected chi connectivity index (χ2v) is 7.06. The highest BCUT2D eigenvalue weighted by Crippen LogP contribution is 2.18. The van der Waals surface area contributed by atoms with Crippen molar-refractivity contribution in [1.29, 1.82) is 0 Å². The van der Waals surface area contributed by atoms with Gasteiger partial charge < -0.3 is 4.98 Å². The molecule has 23 heavy (non-hydrogen) atoms. The smallest absolute Gasteiger partial charge is 0.264 e. The van der Waals surface area contributed by atoms with Gasteiger partial charge in [0.05, 0.1) is 11.3 Å². The minimum Gasteiger partial charge on any atom is -0.361 e.